The summed E-state index contributed by atoms with van der Waals surface area (Å²) < 4.78 is 13.4. The predicted molar refractivity (Wildman–Crippen MR) is 125 cm³/mol. The van der Waals surface area contributed by atoms with Gasteiger partial charge in [-0.15, -0.1) is 0 Å². The molecule has 3 heterocycles. The summed E-state index contributed by atoms with van der Waals surface area (Å²) in [5.74, 6) is 0.324. The molecule has 1 saturated heterocycles. The van der Waals surface area contributed by atoms with Gasteiger partial charge in [0.2, 0.25) is 0 Å². The lowest BCUT2D eigenvalue weighted by molar-refractivity contribution is 0.188. The maximum absolute atomic E-state index is 13.4. The zero-order valence-corrected chi connectivity index (χ0v) is 18.4. The van der Waals surface area contributed by atoms with Crippen molar-refractivity contribution in [3.05, 3.63) is 71.2 Å². The van der Waals surface area contributed by atoms with Crippen molar-refractivity contribution in [1.29, 1.82) is 0 Å². The van der Waals surface area contributed by atoms with Crippen LogP contribution in [0.25, 0.3) is 10.9 Å². The Hall–Kier alpha value is -2.86. The number of benzene rings is 2. The van der Waals surface area contributed by atoms with E-state index in [2.05, 4.69) is 39.6 Å². The van der Waals surface area contributed by atoms with Crippen molar-refractivity contribution < 1.29 is 9.18 Å². The molecule has 5 nitrogen and oxygen atoms in total. The molecule has 1 fully saturated rings. The number of urea groups is 1. The van der Waals surface area contributed by atoms with E-state index < -0.39 is 0 Å². The summed E-state index contributed by atoms with van der Waals surface area (Å²) in [4.78, 5) is 20.2. The molecule has 0 unspecified atom stereocenters. The fourth-order valence-electron chi connectivity index (χ4n) is 5.21. The maximum atomic E-state index is 13.4. The Morgan fingerprint density at radius 1 is 1.09 bits per heavy atom. The molecule has 0 radical (unpaired) electrons. The van der Waals surface area contributed by atoms with Crippen molar-refractivity contribution in [3.8, 4) is 0 Å². The minimum absolute atomic E-state index is 0.0500. The number of fused-ring (bicyclic) bond motifs is 2. The second-order valence-electron chi connectivity index (χ2n) is 9.08. The number of aromatic nitrogens is 1. The van der Waals surface area contributed by atoms with Gasteiger partial charge in [0.25, 0.3) is 0 Å². The number of halogens is 1. The summed E-state index contributed by atoms with van der Waals surface area (Å²) in [5, 5.41) is 4.25. The first kappa shape index (κ1) is 21.0. The van der Waals surface area contributed by atoms with Crippen molar-refractivity contribution >= 4 is 16.9 Å². The highest BCUT2D eigenvalue weighted by atomic mass is 19.1. The predicted octanol–water partition coefficient (Wildman–Crippen LogP) is 4.64. The quantitative estimate of drug-likeness (QED) is 0.575. The molecule has 2 aliphatic heterocycles. The van der Waals surface area contributed by atoms with E-state index in [0.29, 0.717) is 19.0 Å². The molecule has 0 bridgehead atoms. The maximum Gasteiger partial charge on any atom is 0.317 e. The van der Waals surface area contributed by atoms with Gasteiger partial charge in [-0.1, -0.05) is 24.3 Å². The third kappa shape index (κ3) is 4.51. The number of likely N-dealkylation sites (tertiary alicyclic amines) is 1. The molecular formula is C26H31FN4O. The van der Waals surface area contributed by atoms with E-state index >= 15 is 0 Å². The number of nitrogens with one attached hydrogen (secondary N) is 2. The van der Waals surface area contributed by atoms with E-state index in [4.69, 9.17) is 0 Å². The van der Waals surface area contributed by atoms with Gasteiger partial charge < -0.3 is 20.1 Å². The van der Waals surface area contributed by atoms with Gasteiger partial charge >= 0.3 is 6.03 Å². The summed E-state index contributed by atoms with van der Waals surface area (Å²) >= 11 is 0. The molecule has 0 atom stereocenters. The Bertz CT molecular complexity index is 1090. The summed E-state index contributed by atoms with van der Waals surface area (Å²) in [6.07, 6.45) is 6.18. The van der Waals surface area contributed by atoms with Crippen molar-refractivity contribution in [2.75, 3.05) is 32.7 Å². The molecule has 3 aromatic rings. The number of carbonyl (C=O) groups excluding carboxylic acids is 1. The van der Waals surface area contributed by atoms with Crippen LogP contribution in [0.2, 0.25) is 0 Å². The van der Waals surface area contributed by atoms with Gasteiger partial charge in [-0.3, -0.25) is 0 Å². The average molecular weight is 435 g/mol. The highest BCUT2D eigenvalue weighted by Crippen LogP contribution is 2.33. The summed E-state index contributed by atoms with van der Waals surface area (Å²) in [7, 11) is 0. The highest BCUT2D eigenvalue weighted by molar-refractivity contribution is 5.83. The van der Waals surface area contributed by atoms with Crippen LogP contribution in [-0.2, 0) is 13.0 Å². The number of hydrogen-bond donors (Lipinski definition) is 2. The molecule has 32 heavy (non-hydrogen) atoms. The number of piperidine rings is 1. The first-order valence-corrected chi connectivity index (χ1v) is 11.8. The van der Waals surface area contributed by atoms with Gasteiger partial charge in [0.05, 0.1) is 0 Å². The number of amides is 2. The first-order valence-electron chi connectivity index (χ1n) is 11.8. The van der Waals surface area contributed by atoms with Crippen molar-refractivity contribution in [2.45, 2.75) is 38.1 Å². The van der Waals surface area contributed by atoms with E-state index in [1.165, 1.54) is 16.7 Å². The molecule has 1 aromatic heterocycles. The van der Waals surface area contributed by atoms with Gasteiger partial charge in [0, 0.05) is 36.7 Å². The monoisotopic (exact) mass is 434 g/mol. The van der Waals surface area contributed by atoms with Crippen LogP contribution >= 0.6 is 0 Å². The number of rotatable bonds is 5. The zero-order chi connectivity index (χ0) is 21.9. The third-order valence-electron chi connectivity index (χ3n) is 7.05. The summed E-state index contributed by atoms with van der Waals surface area (Å²) in [5.41, 5.74) is 4.82. The van der Waals surface area contributed by atoms with Crippen LogP contribution in [-0.4, -0.2) is 53.5 Å². The second-order valence-corrected chi connectivity index (χ2v) is 9.08. The van der Waals surface area contributed by atoms with Gasteiger partial charge in [-0.25, -0.2) is 9.18 Å². The number of hydrogen-bond acceptors (Lipinski definition) is 2. The molecule has 6 heteroatoms. The smallest absolute Gasteiger partial charge is 0.317 e. The van der Waals surface area contributed by atoms with Crippen LogP contribution in [0.4, 0.5) is 9.18 Å². The molecule has 0 spiro atoms. The van der Waals surface area contributed by atoms with Gasteiger partial charge in [-0.05, 0) is 86.1 Å². The van der Waals surface area contributed by atoms with Gasteiger partial charge in [0.1, 0.15) is 5.82 Å². The molecule has 2 aromatic carbocycles. The number of aromatic amines is 1. The summed E-state index contributed by atoms with van der Waals surface area (Å²) in [6, 6.07) is 13.5. The normalized spacial score (nSPS) is 17.5. The minimum atomic E-state index is -0.196. The second kappa shape index (κ2) is 9.33. The third-order valence-corrected chi connectivity index (χ3v) is 7.05. The van der Waals surface area contributed by atoms with E-state index in [1.54, 1.807) is 12.1 Å². The molecule has 5 rings (SSSR count). The largest absolute Gasteiger partial charge is 0.361 e. The van der Waals surface area contributed by atoms with Gasteiger partial charge in [0.15, 0.2) is 0 Å². The molecule has 2 N–H and O–H groups in total. The number of nitrogens with zero attached hydrogens (tertiary/aromatic N) is 2. The minimum Gasteiger partial charge on any atom is -0.361 e. The lowest BCUT2D eigenvalue weighted by atomic mass is 9.89. The van der Waals surface area contributed by atoms with Crippen LogP contribution in [0.5, 0.6) is 0 Å². The van der Waals surface area contributed by atoms with E-state index in [9.17, 15) is 9.18 Å². The topological polar surface area (TPSA) is 51.4 Å². The molecule has 2 aliphatic rings. The van der Waals surface area contributed by atoms with Crippen LogP contribution in [0, 0.1) is 5.82 Å². The van der Waals surface area contributed by atoms with Crippen molar-refractivity contribution in [3.63, 3.8) is 0 Å². The van der Waals surface area contributed by atoms with E-state index in [0.717, 1.165) is 62.8 Å². The van der Waals surface area contributed by atoms with Crippen molar-refractivity contribution in [2.24, 2.45) is 0 Å². The zero-order valence-electron chi connectivity index (χ0n) is 18.4. The lowest BCUT2D eigenvalue weighted by Gasteiger charge is -2.32. The van der Waals surface area contributed by atoms with Crippen LogP contribution < -0.4 is 5.32 Å². The Morgan fingerprint density at radius 2 is 1.91 bits per heavy atom. The highest BCUT2D eigenvalue weighted by Gasteiger charge is 2.23. The molecule has 2 amide bonds. The Morgan fingerprint density at radius 3 is 2.75 bits per heavy atom. The Labute approximate surface area is 188 Å². The van der Waals surface area contributed by atoms with Crippen molar-refractivity contribution in [1.82, 2.24) is 20.1 Å². The average Bonchev–Trinajstić information content (AvgIpc) is 3.24. The van der Waals surface area contributed by atoms with Crippen LogP contribution in [0.1, 0.15) is 41.9 Å². The van der Waals surface area contributed by atoms with Gasteiger partial charge in [-0.2, -0.15) is 0 Å². The Kier molecular flexibility index (Phi) is 6.12. The van der Waals surface area contributed by atoms with Crippen LogP contribution in [0.3, 0.4) is 0 Å². The Balaban J connectivity index is 1.04. The number of H-pyrrole nitrogens is 1. The fraction of sp³-hybridized carbons (Fsp3) is 0.423. The first-order chi connectivity index (χ1) is 15.7. The van der Waals surface area contributed by atoms with E-state index in [1.807, 2.05) is 17.0 Å². The molecule has 168 valence electrons. The molecule has 0 saturated carbocycles. The standard InChI is InChI=1S/C26H31FN4O/c27-22-6-7-23-24(17-29-25(23)16-22)20-8-13-30(14-9-20)12-3-11-28-26(32)31-15-10-19-4-1-2-5-21(19)18-31/h1-2,4-7,16-17,20,29H,3,8-15,18H2,(H,28,32). The van der Waals surface area contributed by atoms with Crippen LogP contribution in [0.15, 0.2) is 48.7 Å². The fourth-order valence-corrected chi connectivity index (χ4v) is 5.21. The lowest BCUT2D eigenvalue weighted by Crippen LogP contribution is -2.43. The molecule has 0 aliphatic carbocycles. The summed E-state index contributed by atoms with van der Waals surface area (Å²) in [6.45, 7) is 5.34. The van der Waals surface area contributed by atoms with E-state index in [-0.39, 0.29) is 11.8 Å². The number of carbonyl (C=O) groups is 1. The molecular weight excluding hydrogens is 403 g/mol. The SMILES string of the molecule is O=C(NCCCN1CCC(c2c[nH]c3cc(F)ccc23)CC1)N1CCc2ccccc2C1.